The molecule has 1 atom stereocenters. The third-order valence-electron chi connectivity index (χ3n) is 5.69. The maximum Gasteiger partial charge on any atom is 0.252 e. The third kappa shape index (κ3) is 5.54. The Labute approximate surface area is 192 Å². The lowest BCUT2D eigenvalue weighted by molar-refractivity contribution is -0.139. The summed E-state index contributed by atoms with van der Waals surface area (Å²) in [5.74, 6) is -0.426. The first-order chi connectivity index (χ1) is 15.9. The second kappa shape index (κ2) is 10.1. The highest BCUT2D eigenvalue weighted by atomic mass is 19.1. The summed E-state index contributed by atoms with van der Waals surface area (Å²) in [6.45, 7) is 5.12. The van der Waals surface area contributed by atoms with Crippen molar-refractivity contribution in [2.75, 3.05) is 19.7 Å². The molecule has 1 fully saturated rings. The van der Waals surface area contributed by atoms with E-state index in [1.54, 1.807) is 23.1 Å². The van der Waals surface area contributed by atoms with Crippen LogP contribution in [0.4, 0.5) is 4.39 Å². The first-order valence-corrected chi connectivity index (χ1v) is 11.2. The number of hydrogen-bond acceptors (Lipinski definition) is 4. The Bertz CT molecular complexity index is 1150. The van der Waals surface area contributed by atoms with Crippen LogP contribution in [-0.2, 0) is 16.0 Å². The Hall–Kier alpha value is -3.32. The fraction of sp³-hybridized carbons (Fsp3) is 0.346. The number of aryl methyl sites for hydroxylation is 1. The van der Waals surface area contributed by atoms with Gasteiger partial charge < -0.3 is 15.0 Å². The van der Waals surface area contributed by atoms with Crippen molar-refractivity contribution in [2.45, 2.75) is 38.8 Å². The number of nitrogens with one attached hydrogen (secondary N) is 1. The number of carbonyl (C=O) groups excluding carboxylic acids is 2. The molecule has 0 radical (unpaired) electrons. The molecule has 1 aliphatic heterocycles. The number of carbonyl (C=O) groups is 2. The van der Waals surface area contributed by atoms with Gasteiger partial charge in [-0.05, 0) is 50.1 Å². The molecular formula is C26H28FN3O3. The van der Waals surface area contributed by atoms with E-state index in [1.165, 1.54) is 12.1 Å². The molecule has 0 bridgehead atoms. The highest BCUT2D eigenvalue weighted by molar-refractivity contribution is 6.06. The summed E-state index contributed by atoms with van der Waals surface area (Å²) < 4.78 is 19.1. The van der Waals surface area contributed by atoms with Crippen molar-refractivity contribution in [1.29, 1.82) is 0 Å². The smallest absolute Gasteiger partial charge is 0.252 e. The van der Waals surface area contributed by atoms with Gasteiger partial charge >= 0.3 is 0 Å². The molecule has 4 rings (SSSR count). The van der Waals surface area contributed by atoms with Gasteiger partial charge in [0, 0.05) is 24.4 Å². The van der Waals surface area contributed by atoms with Crippen LogP contribution in [0.15, 0.2) is 54.6 Å². The largest absolute Gasteiger partial charge is 0.368 e. The zero-order chi connectivity index (χ0) is 23.4. The van der Waals surface area contributed by atoms with Gasteiger partial charge in [-0.2, -0.15) is 0 Å². The maximum absolute atomic E-state index is 13.1. The minimum Gasteiger partial charge on any atom is -0.368 e. The number of halogens is 1. The third-order valence-corrected chi connectivity index (χ3v) is 5.69. The first-order valence-electron chi connectivity index (χ1n) is 11.2. The normalized spacial score (nSPS) is 16.2. The minimum absolute atomic E-state index is 0.00743. The number of benzene rings is 2. The van der Waals surface area contributed by atoms with Crippen molar-refractivity contribution >= 4 is 22.7 Å². The number of fused-ring (bicyclic) bond motifs is 1. The summed E-state index contributed by atoms with van der Waals surface area (Å²) >= 11 is 0. The topological polar surface area (TPSA) is 71.5 Å². The number of aromatic nitrogens is 1. The molecule has 2 aromatic carbocycles. The highest BCUT2D eigenvalue weighted by Crippen LogP contribution is 2.26. The lowest BCUT2D eigenvalue weighted by Gasteiger charge is -2.33. The van der Waals surface area contributed by atoms with E-state index in [9.17, 15) is 14.0 Å². The number of ether oxygens (including phenoxy) is 1. The van der Waals surface area contributed by atoms with Crippen molar-refractivity contribution < 1.29 is 18.7 Å². The number of pyridine rings is 1. The second-order valence-electron chi connectivity index (χ2n) is 8.57. The molecule has 1 saturated heterocycles. The Balaban J connectivity index is 1.51. The van der Waals surface area contributed by atoms with Gasteiger partial charge in [0.05, 0.1) is 29.9 Å². The van der Waals surface area contributed by atoms with E-state index in [4.69, 9.17) is 9.72 Å². The summed E-state index contributed by atoms with van der Waals surface area (Å²) in [6, 6.07) is 15.5. The molecule has 1 aromatic heterocycles. The first kappa shape index (κ1) is 22.9. The fourth-order valence-electron chi connectivity index (χ4n) is 4.00. The van der Waals surface area contributed by atoms with Gasteiger partial charge in [0.15, 0.2) is 0 Å². The number of para-hydroxylation sites is 1. The lowest BCUT2D eigenvalue weighted by Crippen LogP contribution is -2.42. The van der Waals surface area contributed by atoms with Gasteiger partial charge in [-0.1, -0.05) is 30.3 Å². The molecule has 0 saturated carbocycles. The second-order valence-corrected chi connectivity index (χ2v) is 8.57. The van der Waals surface area contributed by atoms with Crippen LogP contribution in [0.2, 0.25) is 0 Å². The number of amides is 2. The molecule has 3 aromatic rings. The van der Waals surface area contributed by atoms with Crippen LogP contribution in [0.5, 0.6) is 0 Å². The highest BCUT2D eigenvalue weighted by Gasteiger charge is 2.27. The molecular weight excluding hydrogens is 421 g/mol. The van der Waals surface area contributed by atoms with E-state index in [2.05, 4.69) is 5.32 Å². The van der Waals surface area contributed by atoms with Gasteiger partial charge in [-0.15, -0.1) is 0 Å². The molecule has 7 heteroatoms. The molecule has 0 aliphatic carbocycles. The Kier molecular flexibility index (Phi) is 6.99. The van der Waals surface area contributed by atoms with Crippen LogP contribution in [0.1, 0.15) is 48.0 Å². The molecule has 1 aliphatic rings. The van der Waals surface area contributed by atoms with Gasteiger partial charge in [-0.25, -0.2) is 9.37 Å². The van der Waals surface area contributed by atoms with E-state index >= 15 is 0 Å². The van der Waals surface area contributed by atoms with Crippen LogP contribution in [0, 0.1) is 5.82 Å². The lowest BCUT2D eigenvalue weighted by atomic mass is 10.0. The van der Waals surface area contributed by atoms with E-state index in [0.29, 0.717) is 49.3 Å². The van der Waals surface area contributed by atoms with Crippen molar-refractivity contribution in [1.82, 2.24) is 15.2 Å². The van der Waals surface area contributed by atoms with Gasteiger partial charge in [-0.3, -0.25) is 9.59 Å². The quantitative estimate of drug-likeness (QED) is 0.617. The van der Waals surface area contributed by atoms with Crippen LogP contribution < -0.4 is 5.32 Å². The Morgan fingerprint density at radius 2 is 1.94 bits per heavy atom. The Morgan fingerprint density at radius 3 is 2.70 bits per heavy atom. The van der Waals surface area contributed by atoms with E-state index in [0.717, 1.165) is 10.9 Å². The number of nitrogens with zero attached hydrogens (tertiary/aromatic N) is 2. The summed E-state index contributed by atoms with van der Waals surface area (Å²) in [4.78, 5) is 32.2. The predicted octanol–water partition coefficient (Wildman–Crippen LogP) is 4.04. The average Bonchev–Trinajstić information content (AvgIpc) is 2.82. The van der Waals surface area contributed by atoms with Crippen molar-refractivity contribution in [3.63, 3.8) is 0 Å². The summed E-state index contributed by atoms with van der Waals surface area (Å²) in [5, 5.41) is 3.73. The van der Waals surface area contributed by atoms with Gasteiger partial charge in [0.1, 0.15) is 11.9 Å². The fourth-order valence-corrected chi connectivity index (χ4v) is 4.00. The maximum atomic E-state index is 13.1. The van der Waals surface area contributed by atoms with Gasteiger partial charge in [0.25, 0.3) is 5.91 Å². The van der Waals surface area contributed by atoms with Crippen LogP contribution >= 0.6 is 0 Å². The standard InChI is InChI=1S/C26H28FN3O3/c1-17(2)28-26(32)21-15-23(29-22-6-4-3-5-20(21)22)24-16-30(13-14-33-24)25(31)12-9-18-7-10-19(27)11-8-18/h3-8,10-11,15,17,24H,9,12-14,16H2,1-2H3,(H,28,32)/t24-/m1/s1. The number of rotatable bonds is 6. The van der Waals surface area contributed by atoms with E-state index in [1.807, 2.05) is 38.1 Å². The zero-order valence-corrected chi connectivity index (χ0v) is 18.9. The number of morpholine rings is 1. The van der Waals surface area contributed by atoms with Crippen LogP contribution in [0.25, 0.3) is 10.9 Å². The monoisotopic (exact) mass is 449 g/mol. The van der Waals surface area contributed by atoms with Gasteiger partial charge in [0.2, 0.25) is 5.91 Å². The summed E-state index contributed by atoms with van der Waals surface area (Å²) in [6.07, 6.45) is 0.476. The molecule has 2 amide bonds. The Morgan fingerprint density at radius 1 is 1.18 bits per heavy atom. The predicted molar refractivity (Wildman–Crippen MR) is 124 cm³/mol. The number of hydrogen-bond donors (Lipinski definition) is 1. The van der Waals surface area contributed by atoms with Crippen molar-refractivity contribution in [2.24, 2.45) is 0 Å². The van der Waals surface area contributed by atoms with Crippen molar-refractivity contribution in [3.05, 3.63) is 77.2 Å². The minimum atomic E-state index is -0.413. The molecule has 0 unspecified atom stereocenters. The molecule has 172 valence electrons. The van der Waals surface area contributed by atoms with Crippen LogP contribution in [0.3, 0.4) is 0 Å². The molecule has 2 heterocycles. The van der Waals surface area contributed by atoms with Crippen LogP contribution in [-0.4, -0.2) is 47.4 Å². The zero-order valence-electron chi connectivity index (χ0n) is 18.9. The van der Waals surface area contributed by atoms with E-state index < -0.39 is 6.10 Å². The molecule has 33 heavy (non-hydrogen) atoms. The summed E-state index contributed by atoms with van der Waals surface area (Å²) in [7, 11) is 0. The molecule has 1 N–H and O–H groups in total. The SMILES string of the molecule is CC(C)NC(=O)c1cc([C@H]2CN(C(=O)CCc3ccc(F)cc3)CCO2)nc2ccccc12. The summed E-state index contributed by atoms with van der Waals surface area (Å²) in [5.41, 5.74) is 2.82. The van der Waals surface area contributed by atoms with E-state index in [-0.39, 0.29) is 23.7 Å². The molecule has 0 spiro atoms. The molecule has 6 nitrogen and oxygen atoms in total. The van der Waals surface area contributed by atoms with Crippen molar-refractivity contribution in [3.8, 4) is 0 Å². The average molecular weight is 450 g/mol.